The zero-order valence-corrected chi connectivity index (χ0v) is 12.7. The summed E-state index contributed by atoms with van der Waals surface area (Å²) in [6.07, 6.45) is 3.35. The zero-order valence-electron chi connectivity index (χ0n) is 12.7. The SMILES string of the molecule is COc1ccc(CCNC(=O)[C@H]2CCCCC(=O)N2)cc1F. The van der Waals surface area contributed by atoms with Crippen LogP contribution in [0.5, 0.6) is 5.75 Å². The molecule has 1 aromatic carbocycles. The number of amides is 2. The second kappa shape index (κ2) is 7.77. The van der Waals surface area contributed by atoms with Gasteiger partial charge in [0, 0.05) is 13.0 Å². The van der Waals surface area contributed by atoms with Crippen LogP contribution in [-0.2, 0) is 16.0 Å². The van der Waals surface area contributed by atoms with Crippen molar-refractivity contribution in [1.82, 2.24) is 10.6 Å². The zero-order chi connectivity index (χ0) is 15.9. The van der Waals surface area contributed by atoms with Gasteiger partial charge in [-0.3, -0.25) is 9.59 Å². The molecule has 1 fully saturated rings. The number of carbonyl (C=O) groups excluding carboxylic acids is 2. The first-order chi connectivity index (χ1) is 10.6. The van der Waals surface area contributed by atoms with Crippen LogP contribution in [0.2, 0.25) is 0 Å². The third kappa shape index (κ3) is 4.44. The first-order valence-electron chi connectivity index (χ1n) is 7.49. The van der Waals surface area contributed by atoms with Gasteiger partial charge in [-0.1, -0.05) is 12.5 Å². The first kappa shape index (κ1) is 16.3. The van der Waals surface area contributed by atoms with E-state index >= 15 is 0 Å². The standard InChI is InChI=1S/C16H21FN2O3/c1-22-14-7-6-11(10-12(14)17)8-9-18-16(21)13-4-2-3-5-15(20)19-13/h6-7,10,13H,2-5,8-9H2,1H3,(H,18,21)(H,19,20)/t13-/m1/s1. The van der Waals surface area contributed by atoms with Gasteiger partial charge in [0.1, 0.15) is 6.04 Å². The molecule has 1 aliphatic heterocycles. The molecule has 0 spiro atoms. The maximum absolute atomic E-state index is 13.6. The predicted octanol–water partition coefficient (Wildman–Crippen LogP) is 1.55. The van der Waals surface area contributed by atoms with Crippen LogP contribution in [-0.4, -0.2) is 31.5 Å². The molecule has 1 atom stereocenters. The number of carbonyl (C=O) groups is 2. The highest BCUT2D eigenvalue weighted by atomic mass is 19.1. The summed E-state index contributed by atoms with van der Waals surface area (Å²) < 4.78 is 18.4. The molecule has 0 aromatic heterocycles. The number of hydrogen-bond donors (Lipinski definition) is 2. The van der Waals surface area contributed by atoms with Crippen LogP contribution in [0, 0.1) is 5.82 Å². The third-order valence-electron chi connectivity index (χ3n) is 3.73. The molecule has 0 saturated carbocycles. The molecule has 0 aliphatic carbocycles. The van der Waals surface area contributed by atoms with Gasteiger partial charge in [-0.25, -0.2) is 4.39 Å². The van der Waals surface area contributed by atoms with Gasteiger partial charge >= 0.3 is 0 Å². The average molecular weight is 308 g/mol. The molecule has 1 aromatic rings. The molecule has 1 heterocycles. The molecule has 2 N–H and O–H groups in total. The summed E-state index contributed by atoms with van der Waals surface area (Å²) in [7, 11) is 1.42. The van der Waals surface area contributed by atoms with Gasteiger partial charge in [0.15, 0.2) is 11.6 Å². The van der Waals surface area contributed by atoms with Crippen LogP contribution in [0.25, 0.3) is 0 Å². The molecule has 6 heteroatoms. The van der Waals surface area contributed by atoms with Gasteiger partial charge < -0.3 is 15.4 Å². The van der Waals surface area contributed by atoms with Crippen molar-refractivity contribution in [2.75, 3.05) is 13.7 Å². The van der Waals surface area contributed by atoms with Gasteiger partial charge in [-0.2, -0.15) is 0 Å². The van der Waals surface area contributed by atoms with Crippen LogP contribution in [0.15, 0.2) is 18.2 Å². The van der Waals surface area contributed by atoms with Crippen molar-refractivity contribution in [3.63, 3.8) is 0 Å². The summed E-state index contributed by atoms with van der Waals surface area (Å²) in [5.74, 6) is -0.463. The van der Waals surface area contributed by atoms with Crippen molar-refractivity contribution in [3.05, 3.63) is 29.6 Å². The van der Waals surface area contributed by atoms with E-state index in [1.165, 1.54) is 13.2 Å². The summed E-state index contributed by atoms with van der Waals surface area (Å²) in [6.45, 7) is 0.400. The Hall–Kier alpha value is -2.11. The Labute approximate surface area is 129 Å². The molecule has 5 nitrogen and oxygen atoms in total. The number of nitrogens with one attached hydrogen (secondary N) is 2. The molecule has 2 rings (SSSR count). The Morgan fingerprint density at radius 1 is 1.45 bits per heavy atom. The summed E-state index contributed by atoms with van der Waals surface area (Å²) >= 11 is 0. The van der Waals surface area contributed by atoms with Gasteiger partial charge in [-0.15, -0.1) is 0 Å². The monoisotopic (exact) mass is 308 g/mol. The lowest BCUT2D eigenvalue weighted by atomic mass is 10.1. The Bertz CT molecular complexity index is 548. The van der Waals surface area contributed by atoms with Crippen LogP contribution < -0.4 is 15.4 Å². The van der Waals surface area contributed by atoms with Crippen molar-refractivity contribution < 1.29 is 18.7 Å². The van der Waals surface area contributed by atoms with Gasteiger partial charge in [0.25, 0.3) is 0 Å². The second-order valence-electron chi connectivity index (χ2n) is 5.38. The highest BCUT2D eigenvalue weighted by Gasteiger charge is 2.22. The highest BCUT2D eigenvalue weighted by Crippen LogP contribution is 2.17. The normalized spacial score (nSPS) is 18.3. The predicted molar refractivity (Wildman–Crippen MR) is 80.1 cm³/mol. The molecule has 0 unspecified atom stereocenters. The van der Waals surface area contributed by atoms with Crippen molar-refractivity contribution in [2.45, 2.75) is 38.1 Å². The molecular formula is C16H21FN2O3. The Kier molecular flexibility index (Phi) is 5.75. The number of hydrogen-bond acceptors (Lipinski definition) is 3. The molecular weight excluding hydrogens is 287 g/mol. The fraction of sp³-hybridized carbons (Fsp3) is 0.500. The number of ether oxygens (including phenoxy) is 1. The molecule has 1 aliphatic rings. The fourth-order valence-electron chi connectivity index (χ4n) is 2.49. The van der Waals surface area contributed by atoms with Crippen LogP contribution in [0.4, 0.5) is 4.39 Å². The van der Waals surface area contributed by atoms with Crippen molar-refractivity contribution in [3.8, 4) is 5.75 Å². The number of methoxy groups -OCH3 is 1. The summed E-state index contributed by atoms with van der Waals surface area (Å²) in [6, 6.07) is 4.28. The van der Waals surface area contributed by atoms with Crippen molar-refractivity contribution in [2.24, 2.45) is 0 Å². The summed E-state index contributed by atoms with van der Waals surface area (Å²) in [4.78, 5) is 23.5. The van der Waals surface area contributed by atoms with E-state index in [9.17, 15) is 14.0 Å². The van der Waals surface area contributed by atoms with Crippen LogP contribution >= 0.6 is 0 Å². The van der Waals surface area contributed by atoms with E-state index in [0.717, 1.165) is 18.4 Å². The van der Waals surface area contributed by atoms with E-state index in [1.54, 1.807) is 12.1 Å². The van der Waals surface area contributed by atoms with E-state index in [1.807, 2.05) is 0 Å². The maximum Gasteiger partial charge on any atom is 0.242 e. The molecule has 0 radical (unpaired) electrons. The van der Waals surface area contributed by atoms with Crippen LogP contribution in [0.3, 0.4) is 0 Å². The smallest absolute Gasteiger partial charge is 0.242 e. The quantitative estimate of drug-likeness (QED) is 0.867. The molecule has 1 saturated heterocycles. The maximum atomic E-state index is 13.6. The lowest BCUT2D eigenvalue weighted by molar-refractivity contribution is -0.128. The van der Waals surface area contributed by atoms with E-state index in [2.05, 4.69) is 10.6 Å². The molecule has 0 bridgehead atoms. The molecule has 2 amide bonds. The van der Waals surface area contributed by atoms with Gasteiger partial charge in [-0.05, 0) is 37.0 Å². The number of halogens is 1. The van der Waals surface area contributed by atoms with E-state index in [4.69, 9.17) is 4.74 Å². The summed E-state index contributed by atoms with van der Waals surface area (Å²) in [5.41, 5.74) is 0.781. The highest BCUT2D eigenvalue weighted by molar-refractivity contribution is 5.87. The topological polar surface area (TPSA) is 67.4 Å². The third-order valence-corrected chi connectivity index (χ3v) is 3.73. The van der Waals surface area contributed by atoms with Crippen molar-refractivity contribution >= 4 is 11.8 Å². The lowest BCUT2D eigenvalue weighted by Gasteiger charge is -2.15. The minimum Gasteiger partial charge on any atom is -0.494 e. The van der Waals surface area contributed by atoms with E-state index < -0.39 is 11.9 Å². The minimum absolute atomic E-state index is 0.0742. The molecule has 120 valence electrons. The average Bonchev–Trinajstić information content (AvgIpc) is 2.72. The Morgan fingerprint density at radius 3 is 3.00 bits per heavy atom. The van der Waals surface area contributed by atoms with E-state index in [-0.39, 0.29) is 17.6 Å². The Balaban J connectivity index is 1.81. The number of benzene rings is 1. The van der Waals surface area contributed by atoms with E-state index in [0.29, 0.717) is 25.8 Å². The second-order valence-corrected chi connectivity index (χ2v) is 5.38. The number of rotatable bonds is 5. The minimum atomic E-state index is -0.456. The fourth-order valence-corrected chi connectivity index (χ4v) is 2.49. The van der Waals surface area contributed by atoms with Gasteiger partial charge in [0.2, 0.25) is 11.8 Å². The largest absolute Gasteiger partial charge is 0.494 e. The molecule has 22 heavy (non-hydrogen) atoms. The Morgan fingerprint density at radius 2 is 2.27 bits per heavy atom. The summed E-state index contributed by atoms with van der Waals surface area (Å²) in [5, 5.41) is 5.51. The van der Waals surface area contributed by atoms with Gasteiger partial charge in [0.05, 0.1) is 7.11 Å². The van der Waals surface area contributed by atoms with Crippen molar-refractivity contribution in [1.29, 1.82) is 0 Å². The lowest BCUT2D eigenvalue weighted by Crippen LogP contribution is -2.46. The first-order valence-corrected chi connectivity index (χ1v) is 7.49. The van der Waals surface area contributed by atoms with Crippen LogP contribution in [0.1, 0.15) is 31.2 Å².